The molecule has 0 saturated heterocycles. The summed E-state index contributed by atoms with van der Waals surface area (Å²) in [4.78, 5) is 0. The molecular weight excluding hydrogens is 174 g/mol. The number of rotatable bonds is 3. The van der Waals surface area contributed by atoms with Crippen LogP contribution in [0.3, 0.4) is 0 Å². The molecule has 14 heavy (non-hydrogen) atoms. The van der Waals surface area contributed by atoms with Gasteiger partial charge in [-0.3, -0.25) is 0 Å². The molecule has 1 aromatic rings. The summed E-state index contributed by atoms with van der Waals surface area (Å²) < 4.78 is 5.58. The Balaban J connectivity index is 2.39. The van der Waals surface area contributed by atoms with Crippen LogP contribution in [-0.2, 0) is 11.3 Å². The number of nitrogens with two attached hydrogens (primary N) is 1. The fourth-order valence-corrected chi connectivity index (χ4v) is 1.16. The minimum atomic E-state index is 0.223. The van der Waals surface area contributed by atoms with Gasteiger partial charge in [-0.05, 0) is 23.1 Å². The summed E-state index contributed by atoms with van der Waals surface area (Å²) in [5.74, 6) is 0. The van der Waals surface area contributed by atoms with Crippen molar-refractivity contribution in [3.8, 4) is 0 Å². The average Bonchev–Trinajstić information content (AvgIpc) is 2.01. The highest BCUT2D eigenvalue weighted by Gasteiger charge is 2.09. The minimum absolute atomic E-state index is 0.223. The molecule has 0 aromatic heterocycles. The molecule has 2 nitrogen and oxygen atoms in total. The fourth-order valence-electron chi connectivity index (χ4n) is 1.16. The van der Waals surface area contributed by atoms with Gasteiger partial charge in [0.25, 0.3) is 0 Å². The maximum Gasteiger partial charge on any atom is 0.0717 e. The molecule has 0 bridgehead atoms. The summed E-state index contributed by atoms with van der Waals surface area (Å²) >= 11 is 0. The Bertz CT molecular complexity index is 289. The van der Waals surface area contributed by atoms with Crippen molar-refractivity contribution in [2.45, 2.75) is 27.4 Å². The minimum Gasteiger partial charge on any atom is -0.399 e. The zero-order valence-electron chi connectivity index (χ0n) is 9.21. The molecule has 78 valence electrons. The topological polar surface area (TPSA) is 35.2 Å². The van der Waals surface area contributed by atoms with Crippen LogP contribution < -0.4 is 5.73 Å². The van der Waals surface area contributed by atoms with E-state index in [2.05, 4.69) is 20.8 Å². The van der Waals surface area contributed by atoms with Crippen molar-refractivity contribution in [3.05, 3.63) is 29.8 Å². The first-order valence-electron chi connectivity index (χ1n) is 4.89. The summed E-state index contributed by atoms with van der Waals surface area (Å²) in [6.07, 6.45) is 0. The second-order valence-corrected chi connectivity index (χ2v) is 4.80. The smallest absolute Gasteiger partial charge is 0.0717 e. The lowest BCUT2D eigenvalue weighted by atomic mass is 9.99. The monoisotopic (exact) mass is 193 g/mol. The van der Waals surface area contributed by atoms with E-state index in [1.807, 2.05) is 24.3 Å². The Morgan fingerprint density at radius 3 is 2.57 bits per heavy atom. The summed E-state index contributed by atoms with van der Waals surface area (Å²) in [5, 5.41) is 0. The Morgan fingerprint density at radius 1 is 1.29 bits per heavy atom. The maximum absolute atomic E-state index is 5.66. The molecule has 0 radical (unpaired) electrons. The van der Waals surface area contributed by atoms with E-state index in [0.717, 1.165) is 17.9 Å². The molecule has 2 N–H and O–H groups in total. The van der Waals surface area contributed by atoms with Crippen LogP contribution in [0.1, 0.15) is 26.3 Å². The highest BCUT2D eigenvalue weighted by Crippen LogP contribution is 2.15. The molecule has 0 aliphatic heterocycles. The first kappa shape index (κ1) is 11.1. The summed E-state index contributed by atoms with van der Waals surface area (Å²) in [7, 11) is 0. The van der Waals surface area contributed by atoms with Gasteiger partial charge in [0, 0.05) is 5.69 Å². The Kier molecular flexibility index (Phi) is 3.53. The van der Waals surface area contributed by atoms with E-state index in [1.54, 1.807) is 0 Å². The zero-order valence-corrected chi connectivity index (χ0v) is 9.21. The Labute approximate surface area is 86.1 Å². The standard InChI is InChI=1S/C12H19NO/c1-12(2,3)9-14-8-10-5-4-6-11(13)7-10/h4-7H,8-9,13H2,1-3H3. The van der Waals surface area contributed by atoms with E-state index in [-0.39, 0.29) is 5.41 Å². The molecular formula is C12H19NO. The van der Waals surface area contributed by atoms with Gasteiger partial charge in [-0.25, -0.2) is 0 Å². The highest BCUT2D eigenvalue weighted by atomic mass is 16.5. The molecule has 0 atom stereocenters. The van der Waals surface area contributed by atoms with Crippen LogP contribution in [0.4, 0.5) is 5.69 Å². The lowest BCUT2D eigenvalue weighted by Crippen LogP contribution is -2.14. The van der Waals surface area contributed by atoms with E-state index < -0.39 is 0 Å². The van der Waals surface area contributed by atoms with E-state index >= 15 is 0 Å². The summed E-state index contributed by atoms with van der Waals surface area (Å²) in [6.45, 7) is 7.88. The molecule has 0 spiro atoms. The quantitative estimate of drug-likeness (QED) is 0.749. The van der Waals surface area contributed by atoms with Gasteiger partial charge in [0.15, 0.2) is 0 Å². The normalized spacial score (nSPS) is 11.6. The van der Waals surface area contributed by atoms with Crippen LogP contribution in [0.15, 0.2) is 24.3 Å². The third-order valence-electron chi connectivity index (χ3n) is 1.75. The van der Waals surface area contributed by atoms with Crippen molar-refractivity contribution in [2.75, 3.05) is 12.3 Å². The predicted molar refractivity (Wildman–Crippen MR) is 60.0 cm³/mol. The first-order chi connectivity index (χ1) is 6.47. The second kappa shape index (κ2) is 4.47. The van der Waals surface area contributed by atoms with Crippen molar-refractivity contribution in [2.24, 2.45) is 5.41 Å². The predicted octanol–water partition coefficient (Wildman–Crippen LogP) is 2.83. The number of ether oxygens (including phenoxy) is 1. The Morgan fingerprint density at radius 2 is 2.00 bits per heavy atom. The molecule has 0 saturated carbocycles. The molecule has 1 aromatic carbocycles. The second-order valence-electron chi connectivity index (χ2n) is 4.80. The third-order valence-corrected chi connectivity index (χ3v) is 1.75. The van der Waals surface area contributed by atoms with Crippen molar-refractivity contribution in [1.82, 2.24) is 0 Å². The van der Waals surface area contributed by atoms with E-state index in [9.17, 15) is 0 Å². The molecule has 0 heterocycles. The average molecular weight is 193 g/mol. The van der Waals surface area contributed by atoms with Gasteiger partial charge < -0.3 is 10.5 Å². The number of hydrogen-bond acceptors (Lipinski definition) is 2. The molecule has 0 fully saturated rings. The summed E-state index contributed by atoms with van der Waals surface area (Å²) in [6, 6.07) is 7.81. The van der Waals surface area contributed by atoms with Crippen molar-refractivity contribution >= 4 is 5.69 Å². The number of nitrogen functional groups attached to an aromatic ring is 1. The van der Waals surface area contributed by atoms with Gasteiger partial charge in [0.2, 0.25) is 0 Å². The van der Waals surface area contributed by atoms with Crippen LogP contribution in [0, 0.1) is 5.41 Å². The zero-order chi connectivity index (χ0) is 10.6. The first-order valence-corrected chi connectivity index (χ1v) is 4.89. The van der Waals surface area contributed by atoms with Crippen LogP contribution in [0.25, 0.3) is 0 Å². The summed E-state index contributed by atoms with van der Waals surface area (Å²) in [5.41, 5.74) is 7.81. The third kappa shape index (κ3) is 4.28. The van der Waals surface area contributed by atoms with E-state index in [1.165, 1.54) is 0 Å². The van der Waals surface area contributed by atoms with E-state index in [0.29, 0.717) is 6.61 Å². The van der Waals surface area contributed by atoms with Crippen molar-refractivity contribution in [3.63, 3.8) is 0 Å². The number of benzene rings is 1. The Hall–Kier alpha value is -1.02. The number of hydrogen-bond donors (Lipinski definition) is 1. The van der Waals surface area contributed by atoms with Crippen molar-refractivity contribution < 1.29 is 4.74 Å². The van der Waals surface area contributed by atoms with Crippen molar-refractivity contribution in [1.29, 1.82) is 0 Å². The molecule has 2 heteroatoms. The van der Waals surface area contributed by atoms with Crippen LogP contribution in [0.5, 0.6) is 0 Å². The molecule has 1 rings (SSSR count). The number of anilines is 1. The highest BCUT2D eigenvalue weighted by molar-refractivity contribution is 5.40. The molecule has 0 aliphatic rings. The molecule has 0 amide bonds. The SMILES string of the molecule is CC(C)(C)COCc1cccc(N)c1. The van der Waals surface area contributed by atoms with Gasteiger partial charge in [0.1, 0.15) is 0 Å². The van der Waals surface area contributed by atoms with Crippen LogP contribution in [-0.4, -0.2) is 6.61 Å². The molecule has 0 unspecified atom stereocenters. The van der Waals surface area contributed by atoms with Gasteiger partial charge in [-0.15, -0.1) is 0 Å². The lowest BCUT2D eigenvalue weighted by Gasteiger charge is -2.17. The fraction of sp³-hybridized carbons (Fsp3) is 0.500. The van der Waals surface area contributed by atoms with Gasteiger partial charge in [-0.2, -0.15) is 0 Å². The largest absolute Gasteiger partial charge is 0.399 e. The van der Waals surface area contributed by atoms with Crippen LogP contribution in [0.2, 0.25) is 0 Å². The van der Waals surface area contributed by atoms with Gasteiger partial charge in [-0.1, -0.05) is 32.9 Å². The van der Waals surface area contributed by atoms with Gasteiger partial charge in [0.05, 0.1) is 13.2 Å². The molecule has 0 aliphatic carbocycles. The maximum atomic E-state index is 5.66. The lowest BCUT2D eigenvalue weighted by molar-refractivity contribution is 0.0599. The van der Waals surface area contributed by atoms with Crippen LogP contribution >= 0.6 is 0 Å². The van der Waals surface area contributed by atoms with E-state index in [4.69, 9.17) is 10.5 Å². The van der Waals surface area contributed by atoms with Gasteiger partial charge >= 0.3 is 0 Å².